The standard InChI is InChI=1S/C16H16ClN3OS/c17-14-12-3-1-2-4-13(12)22-15(14)16-18-5-6-20(16)11-7-10(9-21)19-8-11/h1-6,10-11,19,21H,7-9H2/t10-,11+/m1/s1. The Labute approximate surface area is 137 Å². The predicted octanol–water partition coefficient (Wildman–Crippen LogP) is 3.31. The van der Waals surface area contributed by atoms with Crippen molar-refractivity contribution in [3.05, 3.63) is 41.7 Å². The summed E-state index contributed by atoms with van der Waals surface area (Å²) in [5, 5.41) is 14.5. The van der Waals surface area contributed by atoms with E-state index in [1.54, 1.807) is 11.3 Å². The molecule has 4 nitrogen and oxygen atoms in total. The highest BCUT2D eigenvalue weighted by atomic mass is 35.5. The van der Waals surface area contributed by atoms with Gasteiger partial charge < -0.3 is 15.0 Å². The maximum absolute atomic E-state index is 9.30. The topological polar surface area (TPSA) is 50.1 Å². The lowest BCUT2D eigenvalue weighted by molar-refractivity contribution is 0.253. The zero-order chi connectivity index (χ0) is 15.1. The highest BCUT2D eigenvalue weighted by Crippen LogP contribution is 2.42. The molecule has 2 N–H and O–H groups in total. The number of aromatic nitrogens is 2. The van der Waals surface area contributed by atoms with E-state index >= 15 is 0 Å². The van der Waals surface area contributed by atoms with Crippen LogP contribution in [0.15, 0.2) is 36.7 Å². The van der Waals surface area contributed by atoms with E-state index in [1.165, 1.54) is 4.70 Å². The quantitative estimate of drug-likeness (QED) is 0.773. The SMILES string of the molecule is OC[C@H]1C[C@H](n2ccnc2-c2sc3ccccc3c2Cl)CN1. The monoisotopic (exact) mass is 333 g/mol. The molecule has 3 aromatic rings. The van der Waals surface area contributed by atoms with Gasteiger partial charge in [-0.25, -0.2) is 4.98 Å². The van der Waals surface area contributed by atoms with E-state index in [1.807, 2.05) is 30.6 Å². The molecule has 2 atom stereocenters. The summed E-state index contributed by atoms with van der Waals surface area (Å²) >= 11 is 8.26. The third kappa shape index (κ3) is 2.25. The number of nitrogens with zero attached hydrogens (tertiary/aromatic N) is 2. The highest BCUT2D eigenvalue weighted by molar-refractivity contribution is 7.23. The van der Waals surface area contributed by atoms with E-state index < -0.39 is 0 Å². The van der Waals surface area contributed by atoms with E-state index in [2.05, 4.69) is 20.9 Å². The molecule has 22 heavy (non-hydrogen) atoms. The van der Waals surface area contributed by atoms with E-state index in [9.17, 15) is 5.11 Å². The van der Waals surface area contributed by atoms with Gasteiger partial charge in [0.25, 0.3) is 0 Å². The summed E-state index contributed by atoms with van der Waals surface area (Å²) in [7, 11) is 0. The van der Waals surface area contributed by atoms with Crippen LogP contribution in [0.5, 0.6) is 0 Å². The number of benzene rings is 1. The van der Waals surface area contributed by atoms with Crippen molar-refractivity contribution < 1.29 is 5.11 Å². The minimum Gasteiger partial charge on any atom is -0.395 e. The maximum Gasteiger partial charge on any atom is 0.151 e. The number of aliphatic hydroxyl groups excluding tert-OH is 1. The van der Waals surface area contributed by atoms with Crippen LogP contribution in [0.3, 0.4) is 0 Å². The van der Waals surface area contributed by atoms with Gasteiger partial charge in [0.2, 0.25) is 0 Å². The van der Waals surface area contributed by atoms with Gasteiger partial charge >= 0.3 is 0 Å². The van der Waals surface area contributed by atoms with Crippen molar-refractivity contribution in [2.45, 2.75) is 18.5 Å². The third-order valence-corrected chi connectivity index (χ3v) is 5.89. The summed E-state index contributed by atoms with van der Waals surface area (Å²) in [6.07, 6.45) is 4.73. The number of imidazole rings is 1. The number of aliphatic hydroxyl groups is 1. The van der Waals surface area contributed by atoms with Gasteiger partial charge in [-0.3, -0.25) is 0 Å². The van der Waals surface area contributed by atoms with E-state index in [4.69, 9.17) is 11.6 Å². The van der Waals surface area contributed by atoms with Gasteiger partial charge in [-0.1, -0.05) is 29.8 Å². The maximum atomic E-state index is 9.30. The van der Waals surface area contributed by atoms with E-state index in [0.29, 0.717) is 6.04 Å². The molecular weight excluding hydrogens is 318 g/mol. The Morgan fingerprint density at radius 2 is 2.27 bits per heavy atom. The lowest BCUT2D eigenvalue weighted by Gasteiger charge is -2.14. The first-order valence-electron chi connectivity index (χ1n) is 7.32. The Bertz CT molecular complexity index is 813. The fourth-order valence-electron chi connectivity index (χ4n) is 3.09. The summed E-state index contributed by atoms with van der Waals surface area (Å²) < 4.78 is 3.36. The Hall–Kier alpha value is -1.40. The molecule has 6 heteroatoms. The van der Waals surface area contributed by atoms with Crippen molar-refractivity contribution in [3.8, 4) is 10.7 Å². The predicted molar refractivity (Wildman–Crippen MR) is 90.6 cm³/mol. The Balaban J connectivity index is 1.77. The molecule has 0 unspecified atom stereocenters. The van der Waals surface area contributed by atoms with Crippen molar-refractivity contribution in [1.29, 1.82) is 0 Å². The minimum absolute atomic E-state index is 0.165. The zero-order valence-corrected chi connectivity index (χ0v) is 13.4. The van der Waals surface area contributed by atoms with Gasteiger partial charge in [-0.05, 0) is 12.5 Å². The van der Waals surface area contributed by atoms with Crippen molar-refractivity contribution in [2.75, 3.05) is 13.2 Å². The van der Waals surface area contributed by atoms with Gasteiger partial charge in [0.1, 0.15) is 0 Å². The van der Waals surface area contributed by atoms with Crippen molar-refractivity contribution in [3.63, 3.8) is 0 Å². The van der Waals surface area contributed by atoms with E-state index in [-0.39, 0.29) is 12.6 Å². The molecule has 1 aromatic carbocycles. The molecule has 1 fully saturated rings. The Morgan fingerprint density at radius 3 is 3.05 bits per heavy atom. The average Bonchev–Trinajstić information content (AvgIpc) is 3.25. The summed E-state index contributed by atoms with van der Waals surface area (Å²) in [6, 6.07) is 8.63. The van der Waals surface area contributed by atoms with Gasteiger partial charge in [0.05, 0.1) is 16.5 Å². The number of fused-ring (bicyclic) bond motifs is 1. The smallest absolute Gasteiger partial charge is 0.151 e. The van der Waals surface area contributed by atoms with Crippen molar-refractivity contribution in [2.24, 2.45) is 0 Å². The zero-order valence-electron chi connectivity index (χ0n) is 11.9. The van der Waals surface area contributed by atoms with Gasteiger partial charge in [0, 0.05) is 41.1 Å². The molecule has 2 aromatic heterocycles. The molecule has 0 radical (unpaired) electrons. The minimum atomic E-state index is 0.165. The molecule has 0 amide bonds. The first-order valence-corrected chi connectivity index (χ1v) is 8.52. The van der Waals surface area contributed by atoms with Crippen LogP contribution in [0.25, 0.3) is 20.8 Å². The Morgan fingerprint density at radius 1 is 1.41 bits per heavy atom. The molecular formula is C16H16ClN3OS. The number of thiophene rings is 1. The average molecular weight is 334 g/mol. The molecule has 1 aliphatic heterocycles. The second kappa shape index (κ2) is 5.66. The highest BCUT2D eigenvalue weighted by Gasteiger charge is 2.27. The van der Waals surface area contributed by atoms with E-state index in [0.717, 1.165) is 34.1 Å². The molecule has 1 aliphatic rings. The van der Waals surface area contributed by atoms with Crippen LogP contribution < -0.4 is 5.32 Å². The van der Waals surface area contributed by atoms with Gasteiger partial charge in [-0.2, -0.15) is 0 Å². The van der Waals surface area contributed by atoms with Crippen molar-refractivity contribution in [1.82, 2.24) is 14.9 Å². The number of hydrogen-bond acceptors (Lipinski definition) is 4. The normalized spacial score (nSPS) is 21.7. The first-order chi connectivity index (χ1) is 10.8. The van der Waals surface area contributed by atoms with Crippen LogP contribution in [0.4, 0.5) is 0 Å². The van der Waals surface area contributed by atoms with Crippen LogP contribution in [-0.4, -0.2) is 33.9 Å². The molecule has 0 spiro atoms. The number of hydrogen-bond donors (Lipinski definition) is 2. The summed E-state index contributed by atoms with van der Waals surface area (Å²) in [5.41, 5.74) is 0. The molecule has 3 heterocycles. The summed E-state index contributed by atoms with van der Waals surface area (Å²) in [5.74, 6) is 0.914. The lowest BCUT2D eigenvalue weighted by atomic mass is 10.2. The van der Waals surface area contributed by atoms with Crippen molar-refractivity contribution >= 4 is 33.0 Å². The molecule has 0 saturated carbocycles. The van der Waals surface area contributed by atoms with Gasteiger partial charge in [-0.15, -0.1) is 11.3 Å². The van der Waals surface area contributed by atoms with Crippen LogP contribution in [0.1, 0.15) is 12.5 Å². The molecule has 4 rings (SSSR count). The largest absolute Gasteiger partial charge is 0.395 e. The summed E-state index contributed by atoms with van der Waals surface area (Å²) in [6.45, 7) is 1.02. The molecule has 114 valence electrons. The number of rotatable bonds is 3. The van der Waals surface area contributed by atoms with Crippen LogP contribution in [0.2, 0.25) is 5.02 Å². The second-order valence-electron chi connectivity index (χ2n) is 5.58. The van der Waals surface area contributed by atoms with Gasteiger partial charge in [0.15, 0.2) is 5.82 Å². The molecule has 1 saturated heterocycles. The van der Waals surface area contributed by atoms with Crippen LogP contribution in [-0.2, 0) is 0 Å². The molecule has 0 bridgehead atoms. The van der Waals surface area contributed by atoms with Crippen LogP contribution in [0, 0.1) is 0 Å². The summed E-state index contributed by atoms with van der Waals surface area (Å²) in [4.78, 5) is 5.55. The molecule has 0 aliphatic carbocycles. The number of nitrogens with one attached hydrogen (secondary N) is 1. The third-order valence-electron chi connectivity index (χ3n) is 4.22. The van der Waals surface area contributed by atoms with Crippen LogP contribution >= 0.6 is 22.9 Å². The fourth-order valence-corrected chi connectivity index (χ4v) is 4.61. The second-order valence-corrected chi connectivity index (χ2v) is 7.01. The Kier molecular flexibility index (Phi) is 3.66. The fraction of sp³-hybridized carbons (Fsp3) is 0.312. The number of halogens is 1. The lowest BCUT2D eigenvalue weighted by Crippen LogP contribution is -2.24. The first kappa shape index (κ1) is 14.2.